The molecular weight excluding hydrogens is 370 g/mol. The van der Waals surface area contributed by atoms with Crippen LogP contribution in [0.25, 0.3) is 0 Å². The van der Waals surface area contributed by atoms with Crippen molar-refractivity contribution in [2.75, 3.05) is 26.7 Å². The number of amides is 2. The zero-order chi connectivity index (χ0) is 19.3. The van der Waals surface area contributed by atoms with E-state index >= 15 is 0 Å². The quantitative estimate of drug-likeness (QED) is 0.721. The van der Waals surface area contributed by atoms with Crippen LogP contribution in [0.15, 0.2) is 41.8 Å². The highest BCUT2D eigenvalue weighted by Gasteiger charge is 2.34. The maximum atomic E-state index is 13.0. The molecule has 0 radical (unpaired) electrons. The average molecular weight is 400 g/mol. The first-order chi connectivity index (χ1) is 13.8. The van der Waals surface area contributed by atoms with Crippen LogP contribution in [-0.2, 0) is 6.54 Å². The molecule has 28 heavy (non-hydrogen) atoms. The second-order valence-corrected chi connectivity index (χ2v) is 8.66. The lowest BCUT2D eigenvalue weighted by molar-refractivity contribution is 0.182. The molecule has 1 saturated carbocycles. The number of rotatable bonds is 8. The Balaban J connectivity index is 1.46. The number of nitrogens with zero attached hydrogens (tertiary/aromatic N) is 2. The fourth-order valence-corrected chi connectivity index (χ4v) is 4.74. The number of carbonyl (C=O) groups excluding carboxylic acids is 1. The van der Waals surface area contributed by atoms with Crippen LogP contribution in [0.1, 0.15) is 42.2 Å². The smallest absolute Gasteiger partial charge is 0.318 e. The molecular formula is C22H29N3O2S. The Bertz CT molecular complexity index is 770. The fourth-order valence-electron chi connectivity index (χ4n) is 4.04. The minimum Gasteiger partial charge on any atom is -0.496 e. The Morgan fingerprint density at radius 3 is 2.71 bits per heavy atom. The van der Waals surface area contributed by atoms with Crippen molar-refractivity contribution in [2.45, 2.75) is 44.3 Å². The first kappa shape index (κ1) is 19.3. The Kier molecular flexibility index (Phi) is 6.17. The summed E-state index contributed by atoms with van der Waals surface area (Å²) in [6.07, 6.45) is 4.65. The predicted molar refractivity (Wildman–Crippen MR) is 113 cm³/mol. The molecule has 1 saturated heterocycles. The van der Waals surface area contributed by atoms with E-state index in [4.69, 9.17) is 4.74 Å². The number of hydrogen-bond donors (Lipinski definition) is 1. The van der Waals surface area contributed by atoms with Gasteiger partial charge in [0.1, 0.15) is 5.75 Å². The molecule has 0 bridgehead atoms. The number of urea groups is 1. The van der Waals surface area contributed by atoms with E-state index in [1.54, 1.807) is 18.4 Å². The summed E-state index contributed by atoms with van der Waals surface area (Å²) in [4.78, 5) is 18.7. The second-order valence-electron chi connectivity index (χ2n) is 7.63. The predicted octanol–water partition coefficient (Wildman–Crippen LogP) is 4.27. The van der Waals surface area contributed by atoms with Gasteiger partial charge in [0.15, 0.2) is 0 Å². The number of para-hydroxylation sites is 1. The van der Waals surface area contributed by atoms with Gasteiger partial charge in [0.2, 0.25) is 0 Å². The molecule has 0 spiro atoms. The van der Waals surface area contributed by atoms with Gasteiger partial charge < -0.3 is 15.0 Å². The maximum absolute atomic E-state index is 13.0. The fraction of sp³-hybridized carbons (Fsp3) is 0.500. The topological polar surface area (TPSA) is 44.8 Å². The molecule has 1 aromatic heterocycles. The molecule has 1 aliphatic carbocycles. The largest absolute Gasteiger partial charge is 0.496 e. The molecule has 1 N–H and O–H groups in total. The minimum absolute atomic E-state index is 0.0509. The number of benzene rings is 1. The molecule has 6 heteroatoms. The van der Waals surface area contributed by atoms with Crippen LogP contribution in [-0.4, -0.2) is 48.6 Å². The van der Waals surface area contributed by atoms with Crippen molar-refractivity contribution in [1.82, 2.24) is 15.1 Å². The molecule has 1 aliphatic heterocycles. The first-order valence-electron chi connectivity index (χ1n) is 10.2. The van der Waals surface area contributed by atoms with E-state index in [2.05, 4.69) is 33.8 Å². The van der Waals surface area contributed by atoms with Crippen molar-refractivity contribution >= 4 is 17.4 Å². The summed E-state index contributed by atoms with van der Waals surface area (Å²) in [6.45, 7) is 3.45. The van der Waals surface area contributed by atoms with E-state index < -0.39 is 0 Å². The Labute approximate surface area is 171 Å². The number of nitrogens with one attached hydrogen (secondary N) is 1. The van der Waals surface area contributed by atoms with Crippen molar-refractivity contribution in [3.05, 3.63) is 52.2 Å². The number of ether oxygens (including phenoxy) is 1. The van der Waals surface area contributed by atoms with Gasteiger partial charge in [0.25, 0.3) is 0 Å². The van der Waals surface area contributed by atoms with E-state index in [0.717, 1.165) is 37.2 Å². The number of thiophene rings is 1. The van der Waals surface area contributed by atoms with Crippen molar-refractivity contribution in [3.8, 4) is 5.75 Å². The molecule has 1 atom stereocenters. The molecule has 2 aromatic rings. The molecule has 1 unspecified atom stereocenters. The summed E-state index contributed by atoms with van der Waals surface area (Å²) >= 11 is 1.71. The van der Waals surface area contributed by atoms with Gasteiger partial charge in [-0.3, -0.25) is 4.90 Å². The number of methoxy groups -OCH3 is 1. The Morgan fingerprint density at radius 2 is 2.04 bits per heavy atom. The highest BCUT2D eigenvalue weighted by molar-refractivity contribution is 7.09. The Morgan fingerprint density at radius 1 is 1.25 bits per heavy atom. The van der Waals surface area contributed by atoms with E-state index in [0.29, 0.717) is 19.1 Å². The highest BCUT2D eigenvalue weighted by atomic mass is 32.1. The second kappa shape index (κ2) is 8.97. The molecule has 4 rings (SSSR count). The van der Waals surface area contributed by atoms with Crippen molar-refractivity contribution < 1.29 is 9.53 Å². The normalized spacial score (nSPS) is 18.0. The van der Waals surface area contributed by atoms with Crippen molar-refractivity contribution in [2.24, 2.45) is 0 Å². The van der Waals surface area contributed by atoms with E-state index in [-0.39, 0.29) is 12.1 Å². The third-order valence-corrected chi connectivity index (χ3v) is 6.54. The third kappa shape index (κ3) is 4.50. The molecule has 2 fully saturated rings. The molecule has 5 nitrogen and oxygen atoms in total. The minimum atomic E-state index is 0.0509. The zero-order valence-electron chi connectivity index (χ0n) is 16.5. The number of carbonyl (C=O) groups is 1. The molecule has 2 heterocycles. The van der Waals surface area contributed by atoms with Crippen LogP contribution in [0.3, 0.4) is 0 Å². The number of hydrogen-bond acceptors (Lipinski definition) is 4. The van der Waals surface area contributed by atoms with Gasteiger partial charge in [-0.25, -0.2) is 4.79 Å². The van der Waals surface area contributed by atoms with E-state index in [9.17, 15) is 4.79 Å². The summed E-state index contributed by atoms with van der Waals surface area (Å²) in [5, 5.41) is 5.31. The van der Waals surface area contributed by atoms with Gasteiger partial charge in [-0.05, 0) is 56.3 Å². The van der Waals surface area contributed by atoms with Gasteiger partial charge in [0, 0.05) is 23.0 Å². The maximum Gasteiger partial charge on any atom is 0.318 e. The van der Waals surface area contributed by atoms with Crippen molar-refractivity contribution in [1.29, 1.82) is 0 Å². The third-order valence-electron chi connectivity index (χ3n) is 5.68. The summed E-state index contributed by atoms with van der Waals surface area (Å²) in [6, 6.07) is 12.9. The first-order valence-corrected chi connectivity index (χ1v) is 11.1. The van der Waals surface area contributed by atoms with E-state index in [1.165, 1.54) is 17.7 Å². The summed E-state index contributed by atoms with van der Waals surface area (Å²) in [5.41, 5.74) is 1.16. The highest BCUT2D eigenvalue weighted by Crippen LogP contribution is 2.32. The molecule has 1 aromatic carbocycles. The van der Waals surface area contributed by atoms with Crippen LogP contribution in [0.4, 0.5) is 4.79 Å². The monoisotopic (exact) mass is 399 g/mol. The van der Waals surface area contributed by atoms with Crippen LogP contribution >= 0.6 is 11.3 Å². The number of likely N-dealkylation sites (tertiary alicyclic amines) is 1. The van der Waals surface area contributed by atoms with Crippen LogP contribution in [0.2, 0.25) is 0 Å². The van der Waals surface area contributed by atoms with Gasteiger partial charge in [-0.15, -0.1) is 11.3 Å². The lowest BCUT2D eigenvalue weighted by Gasteiger charge is -2.30. The summed E-state index contributed by atoms with van der Waals surface area (Å²) < 4.78 is 5.61. The Hall–Kier alpha value is -2.05. The van der Waals surface area contributed by atoms with Gasteiger partial charge in [-0.1, -0.05) is 24.3 Å². The van der Waals surface area contributed by atoms with Crippen molar-refractivity contribution in [3.63, 3.8) is 0 Å². The van der Waals surface area contributed by atoms with Crippen LogP contribution in [0, 0.1) is 0 Å². The zero-order valence-corrected chi connectivity index (χ0v) is 17.3. The lowest BCUT2D eigenvalue weighted by Crippen LogP contribution is -2.44. The summed E-state index contributed by atoms with van der Waals surface area (Å²) in [5.74, 6) is 0.895. The standard InChI is InChI=1S/C22H29N3O2S/c1-27-21-9-3-2-8-19(21)20(24-12-4-5-13-24)15-23-22(26)25(17-10-11-17)16-18-7-6-14-28-18/h2-3,6-9,14,17,20H,4-5,10-13,15-16H2,1H3,(H,23,26). The lowest BCUT2D eigenvalue weighted by atomic mass is 10.0. The molecule has 150 valence electrons. The van der Waals surface area contributed by atoms with Crippen LogP contribution in [0.5, 0.6) is 5.75 Å². The SMILES string of the molecule is COc1ccccc1C(CNC(=O)N(Cc1cccs1)C1CC1)N1CCCC1. The molecule has 2 amide bonds. The van der Waals surface area contributed by atoms with Crippen LogP contribution < -0.4 is 10.1 Å². The van der Waals surface area contributed by atoms with E-state index in [1.807, 2.05) is 23.1 Å². The van der Waals surface area contributed by atoms with Gasteiger partial charge >= 0.3 is 6.03 Å². The van der Waals surface area contributed by atoms with Gasteiger partial charge in [0.05, 0.1) is 19.7 Å². The summed E-state index contributed by atoms with van der Waals surface area (Å²) in [7, 11) is 1.72. The van der Waals surface area contributed by atoms with Gasteiger partial charge in [-0.2, -0.15) is 0 Å². The average Bonchev–Trinajstić information content (AvgIpc) is 3.18. The molecule has 2 aliphatic rings.